The number of piperidine rings is 1. The van der Waals surface area contributed by atoms with Crippen molar-refractivity contribution in [3.63, 3.8) is 0 Å². The van der Waals surface area contributed by atoms with Gasteiger partial charge >= 0.3 is 6.09 Å². The second-order valence-electron chi connectivity index (χ2n) is 7.92. The molecule has 0 bridgehead atoms. The number of carbonyl (C=O) groups excluding carboxylic acids is 2. The Bertz CT molecular complexity index is 859. The van der Waals surface area contributed by atoms with Gasteiger partial charge in [-0.3, -0.25) is 9.78 Å². The molecule has 2 aromatic rings. The third-order valence-corrected chi connectivity index (χ3v) is 5.24. The van der Waals surface area contributed by atoms with Crippen LogP contribution in [0.5, 0.6) is 0 Å². The molecule has 0 saturated carbocycles. The van der Waals surface area contributed by atoms with Gasteiger partial charge < -0.3 is 15.0 Å². The molecule has 1 N–H and O–H groups in total. The quantitative estimate of drug-likeness (QED) is 0.828. The Balaban J connectivity index is 1.73. The normalized spacial score (nSPS) is 17.3. The van der Waals surface area contributed by atoms with Crippen LogP contribution in [0.1, 0.15) is 52.1 Å². The maximum Gasteiger partial charge on any atom is 0.410 e. The van der Waals surface area contributed by atoms with Crippen LogP contribution in [0.15, 0.2) is 24.4 Å². The Kier molecular flexibility index (Phi) is 5.98. The molecule has 150 valence electrons. The Hall–Kier alpha value is -2.48. The van der Waals surface area contributed by atoms with Crippen LogP contribution in [-0.4, -0.2) is 45.6 Å². The van der Waals surface area contributed by atoms with E-state index < -0.39 is 5.60 Å². The SMILES string of the molecule is CC(=O)Nc1ncc(-c2cccc([C@@H]3CCCN(C(=O)OC(C)(C)C)C3)n2)s1. The number of hydrogen-bond acceptors (Lipinski definition) is 6. The molecule has 1 fully saturated rings. The van der Waals surface area contributed by atoms with Gasteiger partial charge in [-0.15, -0.1) is 0 Å². The smallest absolute Gasteiger partial charge is 0.410 e. The third-order valence-electron chi connectivity index (χ3n) is 4.30. The largest absolute Gasteiger partial charge is 0.444 e. The lowest BCUT2D eigenvalue weighted by molar-refractivity contribution is -0.114. The van der Waals surface area contributed by atoms with E-state index in [1.54, 1.807) is 11.1 Å². The van der Waals surface area contributed by atoms with E-state index in [9.17, 15) is 9.59 Å². The summed E-state index contributed by atoms with van der Waals surface area (Å²) in [6.07, 6.45) is 3.35. The second-order valence-corrected chi connectivity index (χ2v) is 8.95. The highest BCUT2D eigenvalue weighted by atomic mass is 32.1. The van der Waals surface area contributed by atoms with Crippen molar-refractivity contribution in [2.24, 2.45) is 0 Å². The third kappa shape index (κ3) is 5.28. The van der Waals surface area contributed by atoms with E-state index in [0.717, 1.165) is 29.1 Å². The maximum absolute atomic E-state index is 12.4. The molecule has 0 aliphatic carbocycles. The molecule has 0 radical (unpaired) electrons. The molecule has 1 aliphatic heterocycles. The molecule has 0 spiro atoms. The molecule has 2 amide bonds. The summed E-state index contributed by atoms with van der Waals surface area (Å²) < 4.78 is 5.51. The molecular weight excluding hydrogens is 376 g/mol. The number of nitrogens with one attached hydrogen (secondary N) is 1. The number of amides is 2. The lowest BCUT2D eigenvalue weighted by Crippen LogP contribution is -2.42. The van der Waals surface area contributed by atoms with Crippen LogP contribution in [0.3, 0.4) is 0 Å². The van der Waals surface area contributed by atoms with Crippen LogP contribution in [0.4, 0.5) is 9.93 Å². The molecule has 1 aliphatic rings. The first-order valence-corrected chi connectivity index (χ1v) is 10.2. The summed E-state index contributed by atoms with van der Waals surface area (Å²) in [5.41, 5.74) is 1.28. The summed E-state index contributed by atoms with van der Waals surface area (Å²) in [5, 5.41) is 3.25. The van der Waals surface area contributed by atoms with Crippen LogP contribution >= 0.6 is 11.3 Å². The van der Waals surface area contributed by atoms with Crippen LogP contribution < -0.4 is 5.32 Å². The zero-order chi connectivity index (χ0) is 20.3. The minimum atomic E-state index is -0.500. The number of thiazole rings is 1. The molecule has 28 heavy (non-hydrogen) atoms. The van der Waals surface area contributed by atoms with Crippen molar-refractivity contribution < 1.29 is 14.3 Å². The van der Waals surface area contributed by atoms with Crippen molar-refractivity contribution in [2.45, 2.75) is 52.1 Å². The average molecular weight is 403 g/mol. The number of nitrogens with zero attached hydrogens (tertiary/aromatic N) is 3. The van der Waals surface area contributed by atoms with E-state index in [1.807, 2.05) is 39.0 Å². The van der Waals surface area contributed by atoms with Gasteiger partial charge in [0.25, 0.3) is 0 Å². The molecule has 1 saturated heterocycles. The molecule has 0 unspecified atom stereocenters. The van der Waals surface area contributed by atoms with Gasteiger partial charge in [0, 0.05) is 37.8 Å². The number of rotatable bonds is 3. The number of hydrogen-bond donors (Lipinski definition) is 1. The van der Waals surface area contributed by atoms with E-state index in [1.165, 1.54) is 18.3 Å². The molecular formula is C20H26N4O3S. The first-order chi connectivity index (χ1) is 13.2. The molecule has 2 aromatic heterocycles. The molecule has 7 nitrogen and oxygen atoms in total. The zero-order valence-corrected chi connectivity index (χ0v) is 17.5. The van der Waals surface area contributed by atoms with Gasteiger partial charge in [-0.05, 0) is 45.7 Å². The molecule has 0 aromatic carbocycles. The van der Waals surface area contributed by atoms with Gasteiger partial charge in [-0.2, -0.15) is 0 Å². The summed E-state index contributed by atoms with van der Waals surface area (Å²) >= 11 is 1.39. The molecule has 3 heterocycles. The second kappa shape index (κ2) is 8.26. The fourth-order valence-corrected chi connectivity index (χ4v) is 3.96. The van der Waals surface area contributed by atoms with Gasteiger partial charge in [0.1, 0.15) is 5.60 Å². The van der Waals surface area contributed by atoms with Crippen LogP contribution in [0, 0.1) is 0 Å². The Morgan fingerprint density at radius 2 is 2.11 bits per heavy atom. The predicted molar refractivity (Wildman–Crippen MR) is 109 cm³/mol. The fraction of sp³-hybridized carbons (Fsp3) is 0.500. The maximum atomic E-state index is 12.4. The van der Waals surface area contributed by atoms with E-state index in [2.05, 4.69) is 10.3 Å². The van der Waals surface area contributed by atoms with Gasteiger partial charge in [0.2, 0.25) is 5.91 Å². The summed E-state index contributed by atoms with van der Waals surface area (Å²) in [6, 6.07) is 5.91. The van der Waals surface area contributed by atoms with Gasteiger partial charge in [-0.25, -0.2) is 9.78 Å². The Morgan fingerprint density at radius 1 is 1.32 bits per heavy atom. The lowest BCUT2D eigenvalue weighted by atomic mass is 9.94. The molecule has 1 atom stereocenters. The van der Waals surface area contributed by atoms with E-state index >= 15 is 0 Å². The summed E-state index contributed by atoms with van der Waals surface area (Å²) in [6.45, 7) is 8.40. The summed E-state index contributed by atoms with van der Waals surface area (Å²) in [5.74, 6) is 0.0241. The number of aromatic nitrogens is 2. The fourth-order valence-electron chi connectivity index (χ4n) is 3.13. The number of ether oxygens (including phenoxy) is 1. The van der Waals surface area contributed by atoms with Crippen molar-refractivity contribution in [2.75, 3.05) is 18.4 Å². The number of carbonyl (C=O) groups is 2. The number of anilines is 1. The Morgan fingerprint density at radius 3 is 2.82 bits per heavy atom. The minimum Gasteiger partial charge on any atom is -0.444 e. The molecule has 3 rings (SSSR count). The van der Waals surface area contributed by atoms with Crippen LogP contribution in [0.25, 0.3) is 10.6 Å². The van der Waals surface area contributed by atoms with Crippen molar-refractivity contribution >= 4 is 28.5 Å². The number of likely N-dealkylation sites (tertiary alicyclic amines) is 1. The van der Waals surface area contributed by atoms with Crippen molar-refractivity contribution in [3.05, 3.63) is 30.1 Å². The zero-order valence-electron chi connectivity index (χ0n) is 16.7. The van der Waals surface area contributed by atoms with Crippen LogP contribution in [-0.2, 0) is 9.53 Å². The highest BCUT2D eigenvalue weighted by molar-refractivity contribution is 7.19. The van der Waals surface area contributed by atoms with Crippen molar-refractivity contribution in [1.29, 1.82) is 0 Å². The Labute approximate surface area is 169 Å². The van der Waals surface area contributed by atoms with Gasteiger partial charge in [0.05, 0.1) is 10.6 Å². The average Bonchev–Trinajstić information content (AvgIpc) is 3.08. The van der Waals surface area contributed by atoms with Crippen molar-refractivity contribution in [1.82, 2.24) is 14.9 Å². The monoisotopic (exact) mass is 402 g/mol. The summed E-state index contributed by atoms with van der Waals surface area (Å²) in [4.78, 5) is 35.3. The van der Waals surface area contributed by atoms with E-state index in [0.29, 0.717) is 18.2 Å². The van der Waals surface area contributed by atoms with Crippen LogP contribution in [0.2, 0.25) is 0 Å². The van der Waals surface area contributed by atoms with Gasteiger partial charge in [-0.1, -0.05) is 17.4 Å². The standard InChI is InChI=1S/C20H26N4O3S/c1-13(25)22-18-21-11-17(28-18)16-9-5-8-15(23-16)14-7-6-10-24(12-14)19(26)27-20(2,3)4/h5,8-9,11,14H,6-7,10,12H2,1-4H3,(H,21,22,25)/t14-/m1/s1. The highest BCUT2D eigenvalue weighted by Crippen LogP contribution is 2.31. The number of pyridine rings is 1. The van der Waals surface area contributed by atoms with E-state index in [4.69, 9.17) is 9.72 Å². The highest BCUT2D eigenvalue weighted by Gasteiger charge is 2.29. The predicted octanol–water partition coefficient (Wildman–Crippen LogP) is 4.28. The molecule has 8 heteroatoms. The van der Waals surface area contributed by atoms with Crippen molar-refractivity contribution in [3.8, 4) is 10.6 Å². The lowest BCUT2D eigenvalue weighted by Gasteiger charge is -2.34. The topological polar surface area (TPSA) is 84.4 Å². The first kappa shape index (κ1) is 20.3. The van der Waals surface area contributed by atoms with E-state index in [-0.39, 0.29) is 17.9 Å². The summed E-state index contributed by atoms with van der Waals surface area (Å²) in [7, 11) is 0. The minimum absolute atomic E-state index is 0.146. The van der Waals surface area contributed by atoms with Gasteiger partial charge in [0.15, 0.2) is 5.13 Å². The first-order valence-electron chi connectivity index (χ1n) is 9.40.